The molecule has 0 N–H and O–H groups in total. The Labute approximate surface area is 290 Å². The molecule has 0 atom stereocenters. The van der Waals surface area contributed by atoms with Crippen molar-refractivity contribution >= 4 is 65.7 Å². The van der Waals surface area contributed by atoms with Crippen LogP contribution in [0.5, 0.6) is 0 Å². The van der Waals surface area contributed by atoms with E-state index in [0.29, 0.717) is 17.6 Å². The molecule has 0 aliphatic heterocycles. The molecular formula is C45H26N4O2. The van der Waals surface area contributed by atoms with Crippen LogP contribution in [0.25, 0.3) is 106 Å². The molecule has 0 spiro atoms. The van der Waals surface area contributed by atoms with E-state index >= 15 is 0 Å². The van der Waals surface area contributed by atoms with Crippen molar-refractivity contribution in [2.75, 3.05) is 0 Å². The van der Waals surface area contributed by atoms with E-state index in [2.05, 4.69) is 102 Å². The van der Waals surface area contributed by atoms with Crippen LogP contribution in [-0.2, 0) is 0 Å². The molecule has 0 saturated carbocycles. The fourth-order valence-corrected chi connectivity index (χ4v) is 7.59. The summed E-state index contributed by atoms with van der Waals surface area (Å²) in [5.74, 6) is 1.73. The second-order valence-corrected chi connectivity index (χ2v) is 12.8. The molecule has 0 fully saturated rings. The van der Waals surface area contributed by atoms with Gasteiger partial charge >= 0.3 is 0 Å². The maximum atomic E-state index is 6.57. The quantitative estimate of drug-likeness (QED) is 0.189. The van der Waals surface area contributed by atoms with E-state index in [1.165, 1.54) is 0 Å². The minimum absolute atomic E-state index is 0.558. The third kappa shape index (κ3) is 4.20. The Balaban J connectivity index is 1.14. The number of hydrogen-bond acceptors (Lipinski definition) is 5. The minimum Gasteiger partial charge on any atom is -0.456 e. The van der Waals surface area contributed by atoms with Crippen LogP contribution < -0.4 is 0 Å². The molecule has 0 aliphatic carbocycles. The van der Waals surface area contributed by atoms with E-state index in [9.17, 15) is 0 Å². The van der Waals surface area contributed by atoms with E-state index in [0.717, 1.165) is 87.9 Å². The molecule has 6 nitrogen and oxygen atoms in total. The highest BCUT2D eigenvalue weighted by Gasteiger charge is 2.21. The fraction of sp³-hybridized carbons (Fsp3) is 0. The van der Waals surface area contributed by atoms with Gasteiger partial charge in [-0.15, -0.1) is 0 Å². The molecule has 0 saturated heterocycles. The number of furan rings is 2. The molecule has 0 radical (unpaired) electrons. The highest BCUT2D eigenvalue weighted by atomic mass is 16.3. The molecule has 4 heterocycles. The first-order valence-corrected chi connectivity index (χ1v) is 16.9. The van der Waals surface area contributed by atoms with Crippen molar-refractivity contribution in [3.63, 3.8) is 0 Å². The maximum Gasteiger partial charge on any atom is 0.238 e. The van der Waals surface area contributed by atoms with Gasteiger partial charge in [-0.1, -0.05) is 121 Å². The van der Waals surface area contributed by atoms with Gasteiger partial charge in [0.2, 0.25) is 5.95 Å². The Morgan fingerprint density at radius 3 is 1.86 bits per heavy atom. The first kappa shape index (κ1) is 27.9. The van der Waals surface area contributed by atoms with Crippen molar-refractivity contribution in [1.29, 1.82) is 0 Å². The van der Waals surface area contributed by atoms with E-state index < -0.39 is 0 Å². The van der Waals surface area contributed by atoms with Gasteiger partial charge in [0.15, 0.2) is 11.6 Å². The molecule has 0 amide bonds. The van der Waals surface area contributed by atoms with E-state index in [1.54, 1.807) is 0 Å². The van der Waals surface area contributed by atoms with E-state index in [4.69, 9.17) is 23.8 Å². The van der Waals surface area contributed by atoms with E-state index in [-0.39, 0.29) is 0 Å². The van der Waals surface area contributed by atoms with Crippen LogP contribution in [0.15, 0.2) is 167 Å². The highest BCUT2D eigenvalue weighted by molar-refractivity contribution is 6.14. The second kappa shape index (κ2) is 10.7. The number of aromatic nitrogens is 4. The average molecular weight is 655 g/mol. The summed E-state index contributed by atoms with van der Waals surface area (Å²) in [6.45, 7) is 0. The molecule has 11 aromatic rings. The Hall–Kier alpha value is -7.05. The van der Waals surface area contributed by atoms with Crippen LogP contribution in [-0.4, -0.2) is 19.5 Å². The number of benzene rings is 7. The summed E-state index contributed by atoms with van der Waals surface area (Å²) in [5.41, 5.74) is 9.19. The Morgan fingerprint density at radius 1 is 0.392 bits per heavy atom. The fourth-order valence-electron chi connectivity index (χ4n) is 7.59. The van der Waals surface area contributed by atoms with Gasteiger partial charge in [-0.25, -0.2) is 4.98 Å². The van der Waals surface area contributed by atoms with Crippen LogP contribution in [0, 0.1) is 0 Å². The van der Waals surface area contributed by atoms with Crippen molar-refractivity contribution in [3.8, 4) is 39.9 Å². The van der Waals surface area contributed by atoms with Gasteiger partial charge in [0.05, 0.1) is 11.0 Å². The average Bonchev–Trinajstić information content (AvgIpc) is 3.87. The van der Waals surface area contributed by atoms with Crippen LogP contribution in [0.4, 0.5) is 0 Å². The summed E-state index contributed by atoms with van der Waals surface area (Å²) in [6.07, 6.45) is 0. The van der Waals surface area contributed by atoms with Crippen LogP contribution in [0.2, 0.25) is 0 Å². The highest BCUT2D eigenvalue weighted by Crippen LogP contribution is 2.41. The number of hydrogen-bond donors (Lipinski definition) is 0. The Morgan fingerprint density at radius 2 is 1.04 bits per heavy atom. The van der Waals surface area contributed by atoms with Crippen molar-refractivity contribution in [2.45, 2.75) is 0 Å². The first-order chi connectivity index (χ1) is 25.3. The number of nitrogens with zero attached hydrogens (tertiary/aromatic N) is 4. The third-order valence-corrected chi connectivity index (χ3v) is 9.89. The molecular weight excluding hydrogens is 629 g/mol. The summed E-state index contributed by atoms with van der Waals surface area (Å²) >= 11 is 0. The largest absolute Gasteiger partial charge is 0.456 e. The van der Waals surface area contributed by atoms with Gasteiger partial charge in [0, 0.05) is 49.0 Å². The van der Waals surface area contributed by atoms with Crippen LogP contribution >= 0.6 is 0 Å². The monoisotopic (exact) mass is 654 g/mol. The molecule has 0 aliphatic rings. The molecule has 4 aromatic heterocycles. The Bertz CT molecular complexity index is 3100. The second-order valence-electron chi connectivity index (χ2n) is 12.8. The van der Waals surface area contributed by atoms with Crippen molar-refractivity contribution in [2.24, 2.45) is 0 Å². The summed E-state index contributed by atoms with van der Waals surface area (Å²) in [6, 6.07) is 53.8. The first-order valence-electron chi connectivity index (χ1n) is 16.9. The normalized spacial score (nSPS) is 11.9. The number of rotatable bonds is 4. The lowest BCUT2D eigenvalue weighted by atomic mass is 10.00. The van der Waals surface area contributed by atoms with Gasteiger partial charge in [-0.3, -0.25) is 4.57 Å². The minimum atomic E-state index is 0.558. The molecule has 0 unspecified atom stereocenters. The van der Waals surface area contributed by atoms with Gasteiger partial charge in [-0.2, -0.15) is 9.97 Å². The molecule has 11 rings (SSSR count). The van der Waals surface area contributed by atoms with Crippen LogP contribution in [0.3, 0.4) is 0 Å². The van der Waals surface area contributed by atoms with Crippen LogP contribution in [0.1, 0.15) is 0 Å². The molecule has 0 bridgehead atoms. The van der Waals surface area contributed by atoms with Gasteiger partial charge in [0.25, 0.3) is 0 Å². The SMILES string of the molecule is c1ccc(-c2nc(-c3cccc4oc5cc(-c6cccc7c6oc6ccccc67)ccc5c34)nc(-n3c4ccccc4c4ccccc43)n2)cc1. The lowest BCUT2D eigenvalue weighted by Crippen LogP contribution is -2.06. The lowest BCUT2D eigenvalue weighted by molar-refractivity contribution is 0.668. The summed E-state index contributed by atoms with van der Waals surface area (Å²) in [4.78, 5) is 15.4. The number of para-hydroxylation sites is 4. The van der Waals surface area contributed by atoms with Crippen molar-refractivity contribution < 1.29 is 8.83 Å². The predicted octanol–water partition coefficient (Wildman–Crippen LogP) is 11.8. The van der Waals surface area contributed by atoms with Gasteiger partial charge in [-0.05, 0) is 42.0 Å². The van der Waals surface area contributed by atoms with Gasteiger partial charge in [0.1, 0.15) is 22.3 Å². The third-order valence-electron chi connectivity index (χ3n) is 9.89. The zero-order valence-electron chi connectivity index (χ0n) is 27.1. The molecule has 238 valence electrons. The lowest BCUT2D eigenvalue weighted by Gasteiger charge is -2.11. The predicted molar refractivity (Wildman–Crippen MR) is 205 cm³/mol. The van der Waals surface area contributed by atoms with Crippen molar-refractivity contribution in [1.82, 2.24) is 19.5 Å². The van der Waals surface area contributed by atoms with Gasteiger partial charge < -0.3 is 8.83 Å². The standard InChI is InChI=1S/C45H26N4O2/c1-2-12-27(13-3-1)43-46-44(48-45(47-43)49-36-20-7-4-14-30(36)31-15-5-8-21-37(31)49)35-19-11-23-39-41(35)34-25-24-28(26-40(34)50-39)29-17-10-18-33-32-16-6-9-22-38(32)51-42(29)33/h1-26H. The summed E-state index contributed by atoms with van der Waals surface area (Å²) in [5, 5.41) is 6.44. The Kier molecular flexibility index (Phi) is 5.86. The summed E-state index contributed by atoms with van der Waals surface area (Å²) in [7, 11) is 0. The number of fused-ring (bicyclic) bond motifs is 9. The maximum absolute atomic E-state index is 6.57. The molecule has 6 heteroatoms. The zero-order valence-corrected chi connectivity index (χ0v) is 27.1. The van der Waals surface area contributed by atoms with E-state index in [1.807, 2.05) is 60.7 Å². The van der Waals surface area contributed by atoms with Crippen molar-refractivity contribution in [3.05, 3.63) is 158 Å². The summed E-state index contributed by atoms with van der Waals surface area (Å²) < 4.78 is 15.1. The molecule has 51 heavy (non-hydrogen) atoms. The smallest absolute Gasteiger partial charge is 0.238 e. The zero-order chi connectivity index (χ0) is 33.5. The topological polar surface area (TPSA) is 69.9 Å². The molecule has 7 aromatic carbocycles.